The summed E-state index contributed by atoms with van der Waals surface area (Å²) in [6.07, 6.45) is 1.61. The molecule has 0 aliphatic rings. The summed E-state index contributed by atoms with van der Waals surface area (Å²) in [4.78, 5) is 0. The van der Waals surface area contributed by atoms with E-state index < -0.39 is 0 Å². The third kappa shape index (κ3) is 4.05. The zero-order valence-electron chi connectivity index (χ0n) is 12.7. The number of benzene rings is 1. The molecule has 0 spiro atoms. The summed E-state index contributed by atoms with van der Waals surface area (Å²) >= 11 is 6.11. The Kier molecular flexibility index (Phi) is 5.37. The number of aromatic nitrogens is 2. The minimum Gasteiger partial charge on any atom is -0.316 e. The van der Waals surface area contributed by atoms with E-state index in [0.717, 1.165) is 30.6 Å². The molecular weight excluding hydrogens is 289 g/mol. The highest BCUT2D eigenvalue weighted by Gasteiger charge is 2.14. The molecule has 2 rings (SSSR count). The van der Waals surface area contributed by atoms with Gasteiger partial charge >= 0.3 is 0 Å². The van der Waals surface area contributed by atoms with E-state index in [1.165, 1.54) is 17.8 Å². The van der Waals surface area contributed by atoms with Gasteiger partial charge in [-0.25, -0.2) is 4.39 Å². The second-order valence-corrected chi connectivity index (χ2v) is 5.63. The molecular formula is C16H21ClFN3. The summed E-state index contributed by atoms with van der Waals surface area (Å²) in [5.74, 6) is -0.301. The van der Waals surface area contributed by atoms with Crippen molar-refractivity contribution in [2.45, 2.75) is 39.3 Å². The smallest absolute Gasteiger partial charge is 0.124 e. The van der Waals surface area contributed by atoms with Crippen LogP contribution in [0.4, 0.5) is 4.39 Å². The van der Waals surface area contributed by atoms with Crippen LogP contribution in [0, 0.1) is 12.7 Å². The van der Waals surface area contributed by atoms with E-state index in [0.29, 0.717) is 5.02 Å². The number of rotatable bonds is 6. The molecule has 5 heteroatoms. The van der Waals surface area contributed by atoms with Gasteiger partial charge in [-0.3, -0.25) is 4.68 Å². The lowest BCUT2D eigenvalue weighted by atomic mass is 10.0. The van der Waals surface area contributed by atoms with E-state index in [1.807, 2.05) is 18.7 Å². The lowest BCUT2D eigenvalue weighted by Crippen LogP contribution is -2.31. The number of nitrogens with zero attached hydrogens (tertiary/aromatic N) is 2. The van der Waals surface area contributed by atoms with Gasteiger partial charge in [0.05, 0.1) is 5.69 Å². The summed E-state index contributed by atoms with van der Waals surface area (Å²) in [5, 5.41) is 8.26. The molecule has 2 aromatic rings. The molecule has 0 bridgehead atoms. The van der Waals surface area contributed by atoms with Crippen LogP contribution in [0.25, 0.3) is 0 Å². The Balaban J connectivity index is 2.12. The fourth-order valence-corrected chi connectivity index (χ4v) is 2.76. The fourth-order valence-electron chi connectivity index (χ4n) is 2.52. The van der Waals surface area contributed by atoms with E-state index >= 15 is 0 Å². The average Bonchev–Trinajstić information content (AvgIpc) is 2.80. The maximum absolute atomic E-state index is 13.1. The SMILES string of the molecule is CCn1nc(C)cc1CC(Cc1ccc(F)cc1Cl)NC. The van der Waals surface area contributed by atoms with Crippen molar-refractivity contribution in [2.24, 2.45) is 0 Å². The highest BCUT2D eigenvalue weighted by Crippen LogP contribution is 2.20. The minimum atomic E-state index is -0.301. The van der Waals surface area contributed by atoms with E-state index in [9.17, 15) is 4.39 Å². The van der Waals surface area contributed by atoms with E-state index in [4.69, 9.17) is 11.6 Å². The molecule has 3 nitrogen and oxygen atoms in total. The molecule has 1 aromatic carbocycles. The van der Waals surface area contributed by atoms with Crippen molar-refractivity contribution in [1.82, 2.24) is 15.1 Å². The van der Waals surface area contributed by atoms with Gasteiger partial charge in [0.15, 0.2) is 0 Å². The standard InChI is InChI=1S/C16H21ClFN3/c1-4-21-15(7-11(2)20-21)10-14(19-3)8-12-5-6-13(18)9-16(12)17/h5-7,9,14,19H,4,8,10H2,1-3H3. The normalized spacial score (nSPS) is 12.6. The van der Waals surface area contributed by atoms with Crippen LogP contribution in [0.2, 0.25) is 5.02 Å². The predicted octanol–water partition coefficient (Wildman–Crippen LogP) is 3.38. The molecule has 0 saturated heterocycles. The van der Waals surface area contributed by atoms with E-state index in [1.54, 1.807) is 6.07 Å². The first kappa shape index (κ1) is 16.0. The predicted molar refractivity (Wildman–Crippen MR) is 84.3 cm³/mol. The van der Waals surface area contributed by atoms with Crippen LogP contribution >= 0.6 is 11.6 Å². The van der Waals surface area contributed by atoms with Crippen molar-refractivity contribution in [2.75, 3.05) is 7.05 Å². The van der Waals surface area contributed by atoms with Gasteiger partial charge in [0, 0.05) is 29.7 Å². The van der Waals surface area contributed by atoms with Crippen molar-refractivity contribution in [1.29, 1.82) is 0 Å². The molecule has 1 unspecified atom stereocenters. The van der Waals surface area contributed by atoms with Gasteiger partial charge in [-0.1, -0.05) is 17.7 Å². The van der Waals surface area contributed by atoms with Gasteiger partial charge in [-0.15, -0.1) is 0 Å². The van der Waals surface area contributed by atoms with Gasteiger partial charge < -0.3 is 5.32 Å². The van der Waals surface area contributed by atoms with Crippen LogP contribution in [-0.4, -0.2) is 22.9 Å². The quantitative estimate of drug-likeness (QED) is 0.886. The Bertz CT molecular complexity index is 610. The number of likely N-dealkylation sites (N-methyl/N-ethyl adjacent to an activating group) is 1. The molecule has 114 valence electrons. The summed E-state index contributed by atoms with van der Waals surface area (Å²) < 4.78 is 15.1. The monoisotopic (exact) mass is 309 g/mol. The summed E-state index contributed by atoms with van der Waals surface area (Å²) in [6.45, 7) is 4.94. The van der Waals surface area contributed by atoms with Gasteiger partial charge in [0.2, 0.25) is 0 Å². The Morgan fingerprint density at radius 2 is 2.10 bits per heavy atom. The number of hydrogen-bond donors (Lipinski definition) is 1. The molecule has 1 heterocycles. The van der Waals surface area contributed by atoms with Crippen LogP contribution in [0.15, 0.2) is 24.3 Å². The van der Waals surface area contributed by atoms with E-state index in [2.05, 4.69) is 23.4 Å². The number of halogens is 2. The van der Waals surface area contributed by atoms with Gasteiger partial charge in [-0.05, 0) is 51.1 Å². The minimum absolute atomic E-state index is 0.231. The summed E-state index contributed by atoms with van der Waals surface area (Å²) in [5.41, 5.74) is 3.19. The third-order valence-electron chi connectivity index (χ3n) is 3.63. The molecule has 0 aliphatic heterocycles. The second-order valence-electron chi connectivity index (χ2n) is 5.22. The highest BCUT2D eigenvalue weighted by molar-refractivity contribution is 6.31. The Hall–Kier alpha value is -1.39. The molecule has 1 aromatic heterocycles. The van der Waals surface area contributed by atoms with Crippen molar-refractivity contribution in [3.63, 3.8) is 0 Å². The first-order valence-corrected chi connectivity index (χ1v) is 7.55. The largest absolute Gasteiger partial charge is 0.316 e. The van der Waals surface area contributed by atoms with Crippen LogP contribution < -0.4 is 5.32 Å². The molecule has 0 aliphatic carbocycles. The third-order valence-corrected chi connectivity index (χ3v) is 3.98. The first-order chi connectivity index (χ1) is 10.0. The summed E-state index contributed by atoms with van der Waals surface area (Å²) in [7, 11) is 1.93. The average molecular weight is 310 g/mol. The zero-order valence-corrected chi connectivity index (χ0v) is 13.4. The molecule has 1 N–H and O–H groups in total. The molecule has 0 amide bonds. The van der Waals surface area contributed by atoms with Gasteiger partial charge in [-0.2, -0.15) is 5.10 Å². The number of aryl methyl sites for hydroxylation is 2. The van der Waals surface area contributed by atoms with Crippen molar-refractivity contribution in [3.05, 3.63) is 52.1 Å². The Labute approximate surface area is 130 Å². The lowest BCUT2D eigenvalue weighted by molar-refractivity contribution is 0.519. The number of hydrogen-bond acceptors (Lipinski definition) is 2. The zero-order chi connectivity index (χ0) is 15.4. The maximum Gasteiger partial charge on any atom is 0.124 e. The summed E-state index contributed by atoms with van der Waals surface area (Å²) in [6, 6.07) is 6.91. The van der Waals surface area contributed by atoms with Gasteiger partial charge in [0.1, 0.15) is 5.82 Å². The second kappa shape index (κ2) is 7.05. The van der Waals surface area contributed by atoms with Crippen LogP contribution in [0.3, 0.4) is 0 Å². The van der Waals surface area contributed by atoms with Crippen molar-refractivity contribution < 1.29 is 4.39 Å². The molecule has 0 saturated carbocycles. The fraction of sp³-hybridized carbons (Fsp3) is 0.438. The van der Waals surface area contributed by atoms with Gasteiger partial charge in [0.25, 0.3) is 0 Å². The van der Waals surface area contributed by atoms with Crippen LogP contribution in [-0.2, 0) is 19.4 Å². The van der Waals surface area contributed by atoms with Crippen LogP contribution in [0.5, 0.6) is 0 Å². The lowest BCUT2D eigenvalue weighted by Gasteiger charge is -2.17. The molecule has 21 heavy (non-hydrogen) atoms. The molecule has 1 atom stereocenters. The van der Waals surface area contributed by atoms with Crippen LogP contribution in [0.1, 0.15) is 23.9 Å². The Morgan fingerprint density at radius 1 is 1.33 bits per heavy atom. The number of nitrogens with one attached hydrogen (secondary N) is 1. The molecule has 0 radical (unpaired) electrons. The van der Waals surface area contributed by atoms with E-state index in [-0.39, 0.29) is 11.9 Å². The first-order valence-electron chi connectivity index (χ1n) is 7.18. The highest BCUT2D eigenvalue weighted by atomic mass is 35.5. The van der Waals surface area contributed by atoms with Crippen molar-refractivity contribution in [3.8, 4) is 0 Å². The molecule has 0 fully saturated rings. The topological polar surface area (TPSA) is 29.9 Å². The Morgan fingerprint density at radius 3 is 2.71 bits per heavy atom. The maximum atomic E-state index is 13.1. The van der Waals surface area contributed by atoms with Crippen molar-refractivity contribution >= 4 is 11.6 Å².